The molecule has 0 atom stereocenters. The van der Waals surface area contributed by atoms with Crippen LogP contribution in [0, 0.1) is 0 Å². The third kappa shape index (κ3) is 2.48. The number of nitrogen functional groups attached to an aromatic ring is 1. The van der Waals surface area contributed by atoms with Crippen molar-refractivity contribution in [1.82, 2.24) is 4.98 Å². The summed E-state index contributed by atoms with van der Waals surface area (Å²) < 4.78 is 0. The van der Waals surface area contributed by atoms with E-state index in [-0.39, 0.29) is 0 Å². The molecule has 0 bridgehead atoms. The van der Waals surface area contributed by atoms with Gasteiger partial charge in [-0.25, -0.2) is 4.98 Å². The minimum atomic E-state index is 0.611. The summed E-state index contributed by atoms with van der Waals surface area (Å²) in [6.07, 6.45) is 3.24. The number of halogens is 2. The van der Waals surface area contributed by atoms with Crippen molar-refractivity contribution in [3.05, 3.63) is 44.4 Å². The first-order valence-corrected chi connectivity index (χ1v) is 7.39. The van der Waals surface area contributed by atoms with Crippen LogP contribution in [-0.2, 0) is 6.42 Å². The van der Waals surface area contributed by atoms with Gasteiger partial charge in [-0.1, -0.05) is 29.3 Å². The van der Waals surface area contributed by atoms with Crippen LogP contribution in [0.25, 0.3) is 0 Å². The third-order valence-corrected chi connectivity index (χ3v) is 4.56. The van der Waals surface area contributed by atoms with Gasteiger partial charge in [-0.3, -0.25) is 0 Å². The van der Waals surface area contributed by atoms with Crippen LogP contribution < -0.4 is 5.73 Å². The highest BCUT2D eigenvalue weighted by atomic mass is 35.5. The average molecular weight is 299 g/mol. The Bertz CT molecular complexity index is 591. The van der Waals surface area contributed by atoms with Gasteiger partial charge in [-0.15, -0.1) is 11.3 Å². The highest BCUT2D eigenvalue weighted by Gasteiger charge is 2.29. The molecular weight excluding hydrogens is 287 g/mol. The zero-order valence-corrected chi connectivity index (χ0v) is 11.9. The van der Waals surface area contributed by atoms with Gasteiger partial charge in [0.15, 0.2) is 5.13 Å². The summed E-state index contributed by atoms with van der Waals surface area (Å²) in [4.78, 5) is 5.68. The highest BCUT2D eigenvalue weighted by Crippen LogP contribution is 2.44. The Morgan fingerprint density at radius 1 is 1.33 bits per heavy atom. The van der Waals surface area contributed by atoms with Crippen molar-refractivity contribution in [3.8, 4) is 0 Å². The number of anilines is 1. The van der Waals surface area contributed by atoms with Crippen LogP contribution in [0.4, 0.5) is 5.13 Å². The number of nitrogens with zero attached hydrogens (tertiary/aromatic N) is 1. The van der Waals surface area contributed by atoms with Crippen LogP contribution >= 0.6 is 34.5 Å². The third-order valence-electron chi connectivity index (χ3n) is 3.07. The lowest BCUT2D eigenvalue weighted by molar-refractivity contribution is 1.01. The predicted octanol–water partition coefficient (Wildman–Crippen LogP) is 4.50. The first kappa shape index (κ1) is 12.3. The fourth-order valence-electron chi connectivity index (χ4n) is 2.02. The lowest BCUT2D eigenvalue weighted by atomic mass is 10.1. The summed E-state index contributed by atoms with van der Waals surface area (Å²) in [6, 6.07) is 5.61. The fourth-order valence-corrected chi connectivity index (χ4v) is 3.44. The molecule has 1 saturated carbocycles. The van der Waals surface area contributed by atoms with Gasteiger partial charge in [0.05, 0.1) is 5.69 Å². The number of hydrogen-bond acceptors (Lipinski definition) is 3. The molecule has 1 aliphatic rings. The fraction of sp³-hybridized carbons (Fsp3) is 0.308. The van der Waals surface area contributed by atoms with Gasteiger partial charge in [0.1, 0.15) is 0 Å². The molecule has 2 N–H and O–H groups in total. The largest absolute Gasteiger partial charge is 0.375 e. The van der Waals surface area contributed by atoms with E-state index in [2.05, 4.69) is 4.98 Å². The van der Waals surface area contributed by atoms with Crippen molar-refractivity contribution in [2.75, 3.05) is 5.73 Å². The van der Waals surface area contributed by atoms with Crippen LogP contribution in [0.1, 0.15) is 34.9 Å². The van der Waals surface area contributed by atoms with Crippen LogP contribution in [-0.4, -0.2) is 4.98 Å². The van der Waals surface area contributed by atoms with Crippen molar-refractivity contribution in [2.45, 2.75) is 25.2 Å². The molecule has 94 valence electrons. The van der Waals surface area contributed by atoms with Crippen LogP contribution in [0.3, 0.4) is 0 Å². The maximum Gasteiger partial charge on any atom is 0.180 e. The summed E-state index contributed by atoms with van der Waals surface area (Å²) >= 11 is 13.7. The van der Waals surface area contributed by atoms with Gasteiger partial charge >= 0.3 is 0 Å². The molecule has 0 radical (unpaired) electrons. The highest BCUT2D eigenvalue weighted by molar-refractivity contribution is 7.15. The SMILES string of the molecule is Nc1nc(C2CC2)c(Cc2ccc(Cl)cc2Cl)s1. The molecule has 1 heterocycles. The average Bonchev–Trinajstić information content (AvgIpc) is 3.08. The number of thiazole rings is 1. The Labute approximate surface area is 120 Å². The van der Waals surface area contributed by atoms with E-state index in [4.69, 9.17) is 28.9 Å². The Morgan fingerprint density at radius 2 is 2.11 bits per heavy atom. The van der Waals surface area contributed by atoms with Gasteiger partial charge in [0.25, 0.3) is 0 Å². The standard InChI is InChI=1S/C13H12Cl2N2S/c14-9-4-3-8(10(15)6-9)5-11-12(7-1-2-7)17-13(16)18-11/h3-4,6-7H,1-2,5H2,(H2,16,17). The van der Waals surface area contributed by atoms with E-state index in [1.807, 2.05) is 12.1 Å². The molecule has 5 heteroatoms. The molecule has 1 aromatic heterocycles. The minimum Gasteiger partial charge on any atom is -0.375 e. The number of nitrogens with two attached hydrogens (primary N) is 1. The lowest BCUT2D eigenvalue weighted by Crippen LogP contribution is -1.92. The normalized spacial score (nSPS) is 15.0. The first-order valence-electron chi connectivity index (χ1n) is 5.82. The van der Waals surface area contributed by atoms with E-state index in [0.717, 1.165) is 12.0 Å². The zero-order chi connectivity index (χ0) is 12.7. The second kappa shape index (κ2) is 4.72. The summed E-state index contributed by atoms with van der Waals surface area (Å²) in [5, 5.41) is 2.02. The van der Waals surface area contributed by atoms with Crippen molar-refractivity contribution in [3.63, 3.8) is 0 Å². The van der Waals surface area contributed by atoms with Crippen molar-refractivity contribution >= 4 is 39.7 Å². The van der Waals surface area contributed by atoms with Crippen molar-refractivity contribution < 1.29 is 0 Å². The van der Waals surface area contributed by atoms with Gasteiger partial charge in [0.2, 0.25) is 0 Å². The molecule has 3 rings (SSSR count). The molecular formula is C13H12Cl2N2S. The predicted molar refractivity (Wildman–Crippen MR) is 77.8 cm³/mol. The summed E-state index contributed by atoms with van der Waals surface area (Å²) in [7, 11) is 0. The summed E-state index contributed by atoms with van der Waals surface area (Å²) in [5.41, 5.74) is 8.06. The zero-order valence-electron chi connectivity index (χ0n) is 9.62. The minimum absolute atomic E-state index is 0.611. The number of benzene rings is 1. The summed E-state index contributed by atoms with van der Waals surface area (Å²) in [6.45, 7) is 0. The molecule has 1 fully saturated rings. The molecule has 2 aromatic rings. The Balaban J connectivity index is 1.91. The molecule has 0 unspecified atom stereocenters. The van der Waals surface area contributed by atoms with E-state index in [1.54, 1.807) is 17.4 Å². The molecule has 0 aliphatic heterocycles. The Hall–Kier alpha value is -0.770. The van der Waals surface area contributed by atoms with Crippen LogP contribution in [0.5, 0.6) is 0 Å². The van der Waals surface area contributed by atoms with Crippen molar-refractivity contribution in [1.29, 1.82) is 0 Å². The van der Waals surface area contributed by atoms with E-state index < -0.39 is 0 Å². The summed E-state index contributed by atoms with van der Waals surface area (Å²) in [5.74, 6) is 0.611. The van der Waals surface area contributed by atoms with E-state index in [9.17, 15) is 0 Å². The molecule has 0 amide bonds. The maximum absolute atomic E-state index is 6.20. The van der Waals surface area contributed by atoms with Gasteiger partial charge in [0, 0.05) is 27.3 Å². The van der Waals surface area contributed by atoms with Crippen LogP contribution in [0.15, 0.2) is 18.2 Å². The lowest BCUT2D eigenvalue weighted by Gasteiger charge is -2.04. The van der Waals surface area contributed by atoms with Gasteiger partial charge < -0.3 is 5.73 Å². The topological polar surface area (TPSA) is 38.9 Å². The first-order chi connectivity index (χ1) is 8.63. The van der Waals surface area contributed by atoms with Gasteiger partial charge in [-0.2, -0.15) is 0 Å². The van der Waals surface area contributed by atoms with Crippen molar-refractivity contribution in [2.24, 2.45) is 0 Å². The van der Waals surface area contributed by atoms with E-state index >= 15 is 0 Å². The second-order valence-corrected chi connectivity index (χ2v) is 6.51. The number of aromatic nitrogens is 1. The molecule has 18 heavy (non-hydrogen) atoms. The monoisotopic (exact) mass is 298 g/mol. The maximum atomic E-state index is 6.20. The van der Waals surface area contributed by atoms with Crippen LogP contribution in [0.2, 0.25) is 10.0 Å². The van der Waals surface area contributed by atoms with E-state index in [1.165, 1.54) is 23.4 Å². The smallest absolute Gasteiger partial charge is 0.180 e. The molecule has 2 nitrogen and oxygen atoms in total. The Kier molecular flexibility index (Phi) is 3.22. The molecule has 1 aliphatic carbocycles. The quantitative estimate of drug-likeness (QED) is 0.906. The van der Waals surface area contributed by atoms with E-state index in [0.29, 0.717) is 21.1 Å². The molecule has 0 saturated heterocycles. The number of rotatable bonds is 3. The Morgan fingerprint density at radius 3 is 2.78 bits per heavy atom. The number of hydrogen-bond donors (Lipinski definition) is 1. The molecule has 0 spiro atoms. The second-order valence-electron chi connectivity index (χ2n) is 4.55. The van der Waals surface area contributed by atoms with Gasteiger partial charge in [-0.05, 0) is 30.5 Å². The molecule has 1 aromatic carbocycles.